The molecule has 2 aromatic rings. The molecule has 1 unspecified atom stereocenters. The van der Waals surface area contributed by atoms with Gasteiger partial charge in [0.05, 0.1) is 36.7 Å². The molecule has 124 valence electrons. The molecule has 0 saturated heterocycles. The van der Waals surface area contributed by atoms with Gasteiger partial charge < -0.3 is 14.8 Å². The smallest absolute Gasteiger partial charge is 0.226 e. The maximum atomic E-state index is 12.3. The van der Waals surface area contributed by atoms with Crippen LogP contribution in [0.3, 0.4) is 0 Å². The summed E-state index contributed by atoms with van der Waals surface area (Å²) in [5, 5.41) is 7.53. The molecule has 0 saturated carbocycles. The van der Waals surface area contributed by atoms with E-state index < -0.39 is 0 Å². The summed E-state index contributed by atoms with van der Waals surface area (Å²) in [5.41, 5.74) is 1.42. The average Bonchev–Trinajstić information content (AvgIpc) is 2.94. The van der Waals surface area contributed by atoms with Crippen molar-refractivity contribution in [3.05, 3.63) is 35.1 Å². The van der Waals surface area contributed by atoms with Gasteiger partial charge in [0.15, 0.2) is 0 Å². The number of aryl methyl sites for hydroxylation is 1. The van der Waals surface area contributed by atoms with E-state index in [0.29, 0.717) is 22.2 Å². The molecule has 1 aromatic carbocycles. The summed E-state index contributed by atoms with van der Waals surface area (Å²) in [5.74, 6) is 0.828. The van der Waals surface area contributed by atoms with Gasteiger partial charge in [-0.1, -0.05) is 11.6 Å². The number of methoxy groups -OCH3 is 2. The Labute approximate surface area is 140 Å². The summed E-state index contributed by atoms with van der Waals surface area (Å²) in [6.45, 7) is 3.85. The highest BCUT2D eigenvalue weighted by molar-refractivity contribution is 6.32. The number of carbonyl (C=O) groups excluding carboxylic acids is 1. The first kappa shape index (κ1) is 17.1. The summed E-state index contributed by atoms with van der Waals surface area (Å²) in [4.78, 5) is 12.3. The molecule has 0 spiro atoms. The number of hydrogen-bond acceptors (Lipinski definition) is 4. The zero-order valence-corrected chi connectivity index (χ0v) is 14.3. The molecular weight excluding hydrogens is 318 g/mol. The molecule has 0 radical (unpaired) electrons. The van der Waals surface area contributed by atoms with Crippen LogP contribution in [-0.4, -0.2) is 29.9 Å². The number of nitrogens with one attached hydrogen (secondary N) is 1. The number of benzene rings is 1. The van der Waals surface area contributed by atoms with Crippen molar-refractivity contribution in [2.75, 3.05) is 19.5 Å². The first-order valence-corrected chi connectivity index (χ1v) is 7.55. The van der Waals surface area contributed by atoms with E-state index in [1.165, 1.54) is 14.2 Å². The summed E-state index contributed by atoms with van der Waals surface area (Å²) in [6.07, 6.45) is 2.14. The van der Waals surface area contributed by atoms with Crippen molar-refractivity contribution in [1.82, 2.24) is 9.78 Å². The Morgan fingerprint density at radius 3 is 2.61 bits per heavy atom. The van der Waals surface area contributed by atoms with Gasteiger partial charge in [0.1, 0.15) is 11.5 Å². The van der Waals surface area contributed by atoms with Crippen LogP contribution >= 0.6 is 11.6 Å². The topological polar surface area (TPSA) is 65.4 Å². The number of amides is 1. The monoisotopic (exact) mass is 337 g/mol. The SMILES string of the molecule is COc1cc(OC)c(NC(=O)CC(C)n2ccc(C)n2)cc1Cl. The fourth-order valence-corrected chi connectivity index (χ4v) is 2.44. The van der Waals surface area contributed by atoms with E-state index in [-0.39, 0.29) is 18.4 Å². The lowest BCUT2D eigenvalue weighted by Gasteiger charge is -2.15. The van der Waals surface area contributed by atoms with Crippen LogP contribution in [0.5, 0.6) is 11.5 Å². The Kier molecular flexibility index (Phi) is 5.50. The molecule has 1 atom stereocenters. The Bertz CT molecular complexity index is 700. The van der Waals surface area contributed by atoms with Gasteiger partial charge >= 0.3 is 0 Å². The Balaban J connectivity index is 2.09. The van der Waals surface area contributed by atoms with Crippen LogP contribution in [0.4, 0.5) is 5.69 Å². The number of nitrogens with zero attached hydrogens (tertiary/aromatic N) is 2. The third-order valence-electron chi connectivity index (χ3n) is 3.42. The lowest BCUT2D eigenvalue weighted by Crippen LogP contribution is -2.18. The van der Waals surface area contributed by atoms with Gasteiger partial charge in [-0.25, -0.2) is 0 Å². The van der Waals surface area contributed by atoms with E-state index in [2.05, 4.69) is 10.4 Å². The van der Waals surface area contributed by atoms with E-state index >= 15 is 0 Å². The van der Waals surface area contributed by atoms with E-state index in [0.717, 1.165) is 5.69 Å². The van der Waals surface area contributed by atoms with E-state index in [9.17, 15) is 4.79 Å². The van der Waals surface area contributed by atoms with Crippen molar-refractivity contribution in [3.8, 4) is 11.5 Å². The molecule has 7 heteroatoms. The van der Waals surface area contributed by atoms with Gasteiger partial charge in [0.25, 0.3) is 0 Å². The second-order valence-corrected chi connectivity index (χ2v) is 5.63. The molecule has 1 heterocycles. The zero-order chi connectivity index (χ0) is 17.0. The van der Waals surface area contributed by atoms with Gasteiger partial charge in [-0.3, -0.25) is 9.48 Å². The quantitative estimate of drug-likeness (QED) is 0.876. The molecule has 1 N–H and O–H groups in total. The fraction of sp³-hybridized carbons (Fsp3) is 0.375. The fourth-order valence-electron chi connectivity index (χ4n) is 2.20. The number of anilines is 1. The van der Waals surface area contributed by atoms with Gasteiger partial charge in [-0.2, -0.15) is 5.10 Å². The third kappa shape index (κ3) is 4.16. The van der Waals surface area contributed by atoms with Crippen molar-refractivity contribution >= 4 is 23.2 Å². The molecule has 23 heavy (non-hydrogen) atoms. The molecule has 0 bridgehead atoms. The molecule has 2 rings (SSSR count). The standard InChI is InChI=1S/C16H20ClN3O3/c1-10-5-6-20(19-10)11(2)7-16(21)18-13-8-12(17)14(22-3)9-15(13)23-4/h5-6,8-9,11H,7H2,1-4H3,(H,18,21). The predicted octanol–water partition coefficient (Wildman–Crippen LogP) is 3.45. The summed E-state index contributed by atoms with van der Waals surface area (Å²) in [7, 11) is 3.04. The molecule has 0 aliphatic rings. The first-order valence-electron chi connectivity index (χ1n) is 7.17. The largest absolute Gasteiger partial charge is 0.495 e. The Hall–Kier alpha value is -2.21. The summed E-state index contributed by atoms with van der Waals surface area (Å²) >= 11 is 6.10. The van der Waals surface area contributed by atoms with Gasteiger partial charge in [-0.05, 0) is 26.0 Å². The van der Waals surface area contributed by atoms with Crippen LogP contribution in [0.25, 0.3) is 0 Å². The highest BCUT2D eigenvalue weighted by Crippen LogP contribution is 2.36. The van der Waals surface area contributed by atoms with Crippen LogP contribution in [0.15, 0.2) is 24.4 Å². The van der Waals surface area contributed by atoms with Gasteiger partial charge in [0.2, 0.25) is 5.91 Å². The van der Waals surface area contributed by atoms with Gasteiger partial charge in [-0.15, -0.1) is 0 Å². The number of rotatable bonds is 6. The number of aromatic nitrogens is 2. The number of carbonyl (C=O) groups is 1. The van der Waals surface area contributed by atoms with Crippen molar-refractivity contribution in [2.24, 2.45) is 0 Å². The zero-order valence-electron chi connectivity index (χ0n) is 13.6. The molecule has 1 aromatic heterocycles. The van der Waals surface area contributed by atoms with Crippen LogP contribution in [0, 0.1) is 6.92 Å². The van der Waals surface area contributed by atoms with E-state index in [1.54, 1.807) is 16.8 Å². The lowest BCUT2D eigenvalue weighted by molar-refractivity contribution is -0.116. The second kappa shape index (κ2) is 7.37. The molecule has 0 aliphatic carbocycles. The highest BCUT2D eigenvalue weighted by Gasteiger charge is 2.15. The summed E-state index contributed by atoms with van der Waals surface area (Å²) in [6, 6.07) is 5.10. The normalized spacial score (nSPS) is 11.9. The maximum absolute atomic E-state index is 12.3. The van der Waals surface area contributed by atoms with E-state index in [4.69, 9.17) is 21.1 Å². The molecule has 0 fully saturated rings. The Morgan fingerprint density at radius 1 is 1.35 bits per heavy atom. The van der Waals surface area contributed by atoms with E-state index in [1.807, 2.05) is 26.1 Å². The minimum Gasteiger partial charge on any atom is -0.495 e. The minimum absolute atomic E-state index is 0.0524. The number of ether oxygens (including phenoxy) is 2. The van der Waals surface area contributed by atoms with Crippen molar-refractivity contribution < 1.29 is 14.3 Å². The summed E-state index contributed by atoms with van der Waals surface area (Å²) < 4.78 is 12.2. The van der Waals surface area contributed by atoms with Crippen LogP contribution < -0.4 is 14.8 Å². The van der Waals surface area contributed by atoms with Crippen molar-refractivity contribution in [2.45, 2.75) is 26.3 Å². The number of hydrogen-bond donors (Lipinski definition) is 1. The predicted molar refractivity (Wildman–Crippen MR) is 89.5 cm³/mol. The average molecular weight is 338 g/mol. The molecular formula is C16H20ClN3O3. The molecule has 6 nitrogen and oxygen atoms in total. The van der Waals surface area contributed by atoms with Crippen molar-refractivity contribution in [3.63, 3.8) is 0 Å². The van der Waals surface area contributed by atoms with Crippen LogP contribution in [0.2, 0.25) is 5.02 Å². The van der Waals surface area contributed by atoms with Gasteiger partial charge in [0, 0.05) is 18.7 Å². The lowest BCUT2D eigenvalue weighted by atomic mass is 10.2. The first-order chi connectivity index (χ1) is 10.9. The van der Waals surface area contributed by atoms with Crippen LogP contribution in [-0.2, 0) is 4.79 Å². The maximum Gasteiger partial charge on any atom is 0.226 e. The molecule has 0 aliphatic heterocycles. The highest BCUT2D eigenvalue weighted by atomic mass is 35.5. The second-order valence-electron chi connectivity index (χ2n) is 5.23. The third-order valence-corrected chi connectivity index (χ3v) is 3.72. The van der Waals surface area contributed by atoms with Crippen molar-refractivity contribution in [1.29, 1.82) is 0 Å². The van der Waals surface area contributed by atoms with Crippen LogP contribution in [0.1, 0.15) is 25.1 Å². The Morgan fingerprint density at radius 2 is 2.04 bits per heavy atom. The molecule has 1 amide bonds. The number of halogens is 1. The minimum atomic E-state index is -0.148.